The van der Waals surface area contributed by atoms with Gasteiger partial charge in [0.25, 0.3) is 0 Å². The number of aromatic nitrogens is 2. The molecular formula is C23H21F4N3O2. The fourth-order valence-corrected chi connectivity index (χ4v) is 4.27. The third-order valence-electron chi connectivity index (χ3n) is 5.87. The lowest BCUT2D eigenvalue weighted by Crippen LogP contribution is -2.39. The Morgan fingerprint density at radius 3 is 2.22 bits per heavy atom. The number of rotatable bonds is 2. The molecule has 5 nitrogen and oxygen atoms in total. The van der Waals surface area contributed by atoms with Crippen molar-refractivity contribution in [1.29, 1.82) is 0 Å². The van der Waals surface area contributed by atoms with E-state index in [4.69, 9.17) is 9.90 Å². The van der Waals surface area contributed by atoms with Crippen molar-refractivity contribution in [3.8, 4) is 11.3 Å². The molecule has 0 unspecified atom stereocenters. The maximum Gasteiger partial charge on any atom is 0.490 e. The van der Waals surface area contributed by atoms with Crippen LogP contribution in [0.2, 0.25) is 0 Å². The fourth-order valence-electron chi connectivity index (χ4n) is 4.27. The molecule has 32 heavy (non-hydrogen) atoms. The Hall–Kier alpha value is -3.20. The topological polar surface area (TPSA) is 69.2 Å². The van der Waals surface area contributed by atoms with Gasteiger partial charge in [0, 0.05) is 42.4 Å². The van der Waals surface area contributed by atoms with Crippen molar-refractivity contribution in [3.05, 3.63) is 76.7 Å². The van der Waals surface area contributed by atoms with Crippen molar-refractivity contribution in [1.82, 2.24) is 15.1 Å². The molecule has 0 saturated carbocycles. The SMILES string of the molecule is Fc1ccc(-c2n[nH]c3c2CN(C2Cc4ccccc4C2)CC3)cc1.O=C(O)C(F)(F)F. The number of aliphatic carboxylic acids is 1. The van der Waals surface area contributed by atoms with Crippen molar-refractivity contribution in [2.75, 3.05) is 6.54 Å². The average Bonchev–Trinajstić information content (AvgIpc) is 3.38. The Kier molecular flexibility index (Phi) is 6.01. The van der Waals surface area contributed by atoms with Crippen LogP contribution < -0.4 is 0 Å². The van der Waals surface area contributed by atoms with E-state index in [9.17, 15) is 17.6 Å². The normalized spacial score (nSPS) is 16.1. The van der Waals surface area contributed by atoms with E-state index in [0.717, 1.165) is 43.6 Å². The Balaban J connectivity index is 0.000000307. The zero-order valence-electron chi connectivity index (χ0n) is 17.0. The molecule has 1 aromatic heterocycles. The molecular weight excluding hydrogens is 426 g/mol. The molecule has 0 radical (unpaired) electrons. The van der Waals surface area contributed by atoms with E-state index >= 15 is 0 Å². The molecule has 5 rings (SSSR count). The van der Waals surface area contributed by atoms with E-state index in [1.54, 1.807) is 0 Å². The third kappa shape index (κ3) is 4.67. The van der Waals surface area contributed by atoms with Gasteiger partial charge in [-0.25, -0.2) is 9.18 Å². The molecule has 3 aromatic rings. The molecule has 1 aliphatic heterocycles. The van der Waals surface area contributed by atoms with Crippen LogP contribution in [0, 0.1) is 5.82 Å². The highest BCUT2D eigenvalue weighted by atomic mass is 19.4. The Morgan fingerprint density at radius 1 is 1.06 bits per heavy atom. The van der Waals surface area contributed by atoms with E-state index in [1.165, 1.54) is 34.5 Å². The lowest BCUT2D eigenvalue weighted by atomic mass is 9.99. The Bertz CT molecular complexity index is 1080. The lowest BCUT2D eigenvalue weighted by molar-refractivity contribution is -0.192. The van der Waals surface area contributed by atoms with Gasteiger partial charge in [0.15, 0.2) is 0 Å². The van der Waals surface area contributed by atoms with Gasteiger partial charge in [0.1, 0.15) is 5.82 Å². The number of halogens is 4. The predicted octanol–water partition coefficient (Wildman–Crippen LogP) is 4.37. The number of carboxylic acid groups (broad SMARTS) is 1. The van der Waals surface area contributed by atoms with E-state index in [2.05, 4.69) is 39.4 Å². The summed E-state index contributed by atoms with van der Waals surface area (Å²) in [5.74, 6) is -2.97. The molecule has 2 heterocycles. The third-order valence-corrected chi connectivity index (χ3v) is 5.87. The summed E-state index contributed by atoms with van der Waals surface area (Å²) in [5, 5.41) is 14.8. The zero-order valence-corrected chi connectivity index (χ0v) is 17.0. The Morgan fingerprint density at radius 2 is 1.66 bits per heavy atom. The van der Waals surface area contributed by atoms with Crippen molar-refractivity contribution in [2.45, 2.75) is 38.0 Å². The first-order valence-corrected chi connectivity index (χ1v) is 10.2. The van der Waals surface area contributed by atoms with Crippen LogP contribution in [0.1, 0.15) is 22.4 Å². The molecule has 0 spiro atoms. The van der Waals surface area contributed by atoms with Gasteiger partial charge >= 0.3 is 12.1 Å². The van der Waals surface area contributed by atoms with E-state index in [-0.39, 0.29) is 5.82 Å². The smallest absolute Gasteiger partial charge is 0.475 e. The number of alkyl halides is 3. The highest BCUT2D eigenvalue weighted by Gasteiger charge is 2.38. The number of benzene rings is 2. The summed E-state index contributed by atoms with van der Waals surface area (Å²) >= 11 is 0. The molecule has 0 amide bonds. The van der Waals surface area contributed by atoms with Gasteiger partial charge in [0.2, 0.25) is 0 Å². The van der Waals surface area contributed by atoms with Crippen molar-refractivity contribution in [3.63, 3.8) is 0 Å². The maximum absolute atomic E-state index is 13.2. The zero-order chi connectivity index (χ0) is 22.9. The first kappa shape index (κ1) is 22.0. The van der Waals surface area contributed by atoms with E-state index in [0.29, 0.717) is 6.04 Å². The van der Waals surface area contributed by atoms with Crippen LogP contribution in [-0.2, 0) is 30.6 Å². The summed E-state index contributed by atoms with van der Waals surface area (Å²) < 4.78 is 45.0. The van der Waals surface area contributed by atoms with Gasteiger partial charge in [-0.15, -0.1) is 0 Å². The Labute approximate surface area is 181 Å². The number of hydrogen-bond acceptors (Lipinski definition) is 3. The second kappa shape index (κ2) is 8.74. The number of H-pyrrole nitrogens is 1. The highest BCUT2D eigenvalue weighted by molar-refractivity contribution is 5.73. The number of fused-ring (bicyclic) bond motifs is 2. The monoisotopic (exact) mass is 447 g/mol. The first-order chi connectivity index (χ1) is 15.2. The lowest BCUT2D eigenvalue weighted by Gasteiger charge is -2.32. The fraction of sp³-hybridized carbons (Fsp3) is 0.304. The van der Waals surface area contributed by atoms with Crippen LogP contribution in [-0.4, -0.2) is 44.9 Å². The predicted molar refractivity (Wildman–Crippen MR) is 109 cm³/mol. The number of carbonyl (C=O) groups is 1. The van der Waals surface area contributed by atoms with E-state index in [1.807, 2.05) is 12.1 Å². The van der Waals surface area contributed by atoms with Crippen LogP contribution in [0.3, 0.4) is 0 Å². The second-order valence-corrected chi connectivity index (χ2v) is 7.89. The van der Waals surface area contributed by atoms with Gasteiger partial charge < -0.3 is 5.11 Å². The molecule has 168 valence electrons. The summed E-state index contributed by atoms with van der Waals surface area (Å²) in [7, 11) is 0. The quantitative estimate of drug-likeness (QED) is 0.573. The molecule has 2 N–H and O–H groups in total. The number of carboxylic acids is 1. The molecule has 0 atom stereocenters. The molecule has 9 heteroatoms. The van der Waals surface area contributed by atoms with Gasteiger partial charge in [0.05, 0.1) is 5.69 Å². The van der Waals surface area contributed by atoms with Gasteiger partial charge in [-0.2, -0.15) is 18.3 Å². The van der Waals surface area contributed by atoms with Crippen LogP contribution >= 0.6 is 0 Å². The molecule has 0 bridgehead atoms. The summed E-state index contributed by atoms with van der Waals surface area (Å²) in [4.78, 5) is 11.5. The molecule has 1 aliphatic carbocycles. The van der Waals surface area contributed by atoms with Crippen LogP contribution in [0.15, 0.2) is 48.5 Å². The highest BCUT2D eigenvalue weighted by Crippen LogP contribution is 2.32. The first-order valence-electron chi connectivity index (χ1n) is 10.2. The van der Waals surface area contributed by atoms with Crippen LogP contribution in [0.5, 0.6) is 0 Å². The van der Waals surface area contributed by atoms with Gasteiger partial charge in [-0.3, -0.25) is 10.00 Å². The minimum absolute atomic E-state index is 0.210. The summed E-state index contributed by atoms with van der Waals surface area (Å²) in [5.41, 5.74) is 7.43. The number of aromatic amines is 1. The standard InChI is InChI=1S/C21H20FN3.C2HF3O2/c22-17-7-5-14(6-8-17)21-19-13-25(10-9-20(19)23-24-21)18-11-15-3-1-2-4-16(15)12-18;3-2(4,5)1(6)7/h1-8,18H,9-13H2,(H,23,24);(H,6,7). The van der Waals surface area contributed by atoms with E-state index < -0.39 is 12.1 Å². The molecule has 0 saturated heterocycles. The maximum atomic E-state index is 13.2. The van der Waals surface area contributed by atoms with Crippen molar-refractivity contribution in [2.24, 2.45) is 0 Å². The summed E-state index contributed by atoms with van der Waals surface area (Å²) in [6.45, 7) is 1.98. The average molecular weight is 447 g/mol. The number of hydrogen-bond donors (Lipinski definition) is 2. The van der Waals surface area contributed by atoms with Crippen molar-refractivity contribution >= 4 is 5.97 Å². The largest absolute Gasteiger partial charge is 0.490 e. The molecule has 2 aromatic carbocycles. The van der Waals surface area contributed by atoms with Crippen LogP contribution in [0.25, 0.3) is 11.3 Å². The summed E-state index contributed by atoms with van der Waals surface area (Å²) in [6, 6.07) is 16.0. The molecule has 2 aliphatic rings. The van der Waals surface area contributed by atoms with Gasteiger partial charge in [-0.1, -0.05) is 24.3 Å². The minimum Gasteiger partial charge on any atom is -0.475 e. The van der Waals surface area contributed by atoms with Crippen molar-refractivity contribution < 1.29 is 27.5 Å². The minimum atomic E-state index is -5.08. The number of nitrogens with zero attached hydrogens (tertiary/aromatic N) is 2. The molecule has 0 fully saturated rings. The summed E-state index contributed by atoms with van der Waals surface area (Å²) in [6.07, 6.45) is -1.82. The second-order valence-electron chi connectivity index (χ2n) is 7.89. The van der Waals surface area contributed by atoms with Gasteiger partial charge in [-0.05, 0) is 48.2 Å². The number of nitrogens with one attached hydrogen (secondary N) is 1. The van der Waals surface area contributed by atoms with Crippen LogP contribution in [0.4, 0.5) is 17.6 Å².